The fourth-order valence-electron chi connectivity index (χ4n) is 2.57. The van der Waals surface area contributed by atoms with Crippen molar-refractivity contribution in [1.82, 2.24) is 5.32 Å². The van der Waals surface area contributed by atoms with Crippen LogP contribution in [0.5, 0.6) is 0 Å². The van der Waals surface area contributed by atoms with E-state index in [9.17, 15) is 4.39 Å². The molecule has 0 bridgehead atoms. The van der Waals surface area contributed by atoms with Crippen LogP contribution in [-0.2, 0) is 0 Å². The zero-order valence-corrected chi connectivity index (χ0v) is 10.3. The Morgan fingerprint density at radius 1 is 1.31 bits per heavy atom. The summed E-state index contributed by atoms with van der Waals surface area (Å²) in [5, 5.41) is 3.54. The molecule has 1 nitrogen and oxygen atoms in total. The molecule has 1 unspecified atom stereocenters. The summed E-state index contributed by atoms with van der Waals surface area (Å²) in [6.45, 7) is 7.12. The van der Waals surface area contributed by atoms with Crippen molar-refractivity contribution >= 4 is 0 Å². The van der Waals surface area contributed by atoms with E-state index in [0.717, 1.165) is 23.6 Å². The molecule has 0 aliphatic heterocycles. The van der Waals surface area contributed by atoms with E-state index >= 15 is 0 Å². The van der Waals surface area contributed by atoms with E-state index in [2.05, 4.69) is 12.2 Å². The maximum Gasteiger partial charge on any atom is 0.123 e. The van der Waals surface area contributed by atoms with E-state index in [-0.39, 0.29) is 5.82 Å². The van der Waals surface area contributed by atoms with Crippen molar-refractivity contribution in [3.05, 3.63) is 34.6 Å². The smallest absolute Gasteiger partial charge is 0.123 e. The Hall–Kier alpha value is -0.890. The molecular formula is C14H20FN. The van der Waals surface area contributed by atoms with Gasteiger partial charge in [0.05, 0.1) is 0 Å². The van der Waals surface area contributed by atoms with Crippen LogP contribution in [0.25, 0.3) is 0 Å². The highest BCUT2D eigenvalue weighted by atomic mass is 19.1. The summed E-state index contributed by atoms with van der Waals surface area (Å²) in [5.41, 5.74) is 3.47. The average Bonchev–Trinajstić information content (AvgIpc) is 2.97. The lowest BCUT2D eigenvalue weighted by atomic mass is 9.93. The van der Waals surface area contributed by atoms with Crippen LogP contribution < -0.4 is 5.32 Å². The molecule has 1 atom stereocenters. The van der Waals surface area contributed by atoms with Gasteiger partial charge in [-0.3, -0.25) is 0 Å². The van der Waals surface area contributed by atoms with Gasteiger partial charge in [-0.2, -0.15) is 0 Å². The van der Waals surface area contributed by atoms with Crippen molar-refractivity contribution in [2.75, 3.05) is 6.54 Å². The molecule has 0 spiro atoms. The molecule has 16 heavy (non-hydrogen) atoms. The van der Waals surface area contributed by atoms with Crippen molar-refractivity contribution in [2.45, 2.75) is 39.7 Å². The molecule has 1 aliphatic rings. The van der Waals surface area contributed by atoms with Crippen molar-refractivity contribution < 1.29 is 4.39 Å². The van der Waals surface area contributed by atoms with Crippen molar-refractivity contribution in [3.8, 4) is 0 Å². The summed E-state index contributed by atoms with van der Waals surface area (Å²) >= 11 is 0. The Kier molecular flexibility index (Phi) is 3.29. The van der Waals surface area contributed by atoms with E-state index in [0.29, 0.717) is 6.04 Å². The topological polar surface area (TPSA) is 12.0 Å². The van der Waals surface area contributed by atoms with Gasteiger partial charge in [-0.05, 0) is 68.0 Å². The standard InChI is InChI=1S/C14H20FN/c1-4-16-14(11-5-6-11)13-9(2)7-12(15)8-10(13)3/h7-8,11,14,16H,4-6H2,1-3H3. The first-order chi connectivity index (χ1) is 7.63. The maximum atomic E-state index is 13.3. The predicted molar refractivity (Wildman–Crippen MR) is 65.0 cm³/mol. The van der Waals surface area contributed by atoms with Crippen LogP contribution in [0.15, 0.2) is 12.1 Å². The summed E-state index contributed by atoms with van der Waals surface area (Å²) in [4.78, 5) is 0. The van der Waals surface area contributed by atoms with Gasteiger partial charge in [-0.25, -0.2) is 4.39 Å². The lowest BCUT2D eigenvalue weighted by Crippen LogP contribution is -2.24. The zero-order chi connectivity index (χ0) is 11.7. The second kappa shape index (κ2) is 4.54. The number of halogens is 1. The van der Waals surface area contributed by atoms with Crippen LogP contribution in [0.3, 0.4) is 0 Å². The Balaban J connectivity index is 2.36. The van der Waals surface area contributed by atoms with E-state index in [4.69, 9.17) is 0 Å². The van der Waals surface area contributed by atoms with Crippen LogP contribution in [0.2, 0.25) is 0 Å². The van der Waals surface area contributed by atoms with Gasteiger partial charge in [0, 0.05) is 6.04 Å². The Labute approximate surface area is 97.1 Å². The first kappa shape index (κ1) is 11.6. The van der Waals surface area contributed by atoms with Gasteiger partial charge in [0.15, 0.2) is 0 Å². The first-order valence-electron chi connectivity index (χ1n) is 6.13. The van der Waals surface area contributed by atoms with Crippen LogP contribution >= 0.6 is 0 Å². The largest absolute Gasteiger partial charge is 0.310 e. The fourth-order valence-corrected chi connectivity index (χ4v) is 2.57. The molecule has 88 valence electrons. The second-order valence-corrected chi connectivity index (χ2v) is 4.83. The molecule has 1 saturated carbocycles. The Bertz CT molecular complexity index is 359. The van der Waals surface area contributed by atoms with Crippen molar-refractivity contribution in [3.63, 3.8) is 0 Å². The number of hydrogen-bond donors (Lipinski definition) is 1. The molecule has 1 aromatic rings. The number of aryl methyl sites for hydroxylation is 2. The fraction of sp³-hybridized carbons (Fsp3) is 0.571. The highest BCUT2D eigenvalue weighted by molar-refractivity contribution is 5.37. The van der Waals surface area contributed by atoms with Gasteiger partial charge in [-0.15, -0.1) is 0 Å². The molecule has 0 aromatic heterocycles. The third-order valence-corrected chi connectivity index (χ3v) is 3.39. The minimum Gasteiger partial charge on any atom is -0.310 e. The monoisotopic (exact) mass is 221 g/mol. The summed E-state index contributed by atoms with van der Waals surface area (Å²) in [5.74, 6) is 0.632. The lowest BCUT2D eigenvalue weighted by Gasteiger charge is -2.22. The zero-order valence-electron chi connectivity index (χ0n) is 10.3. The molecule has 1 fully saturated rings. The third kappa shape index (κ3) is 2.27. The van der Waals surface area contributed by atoms with Gasteiger partial charge in [0.25, 0.3) is 0 Å². The summed E-state index contributed by atoms with van der Waals surface area (Å²) in [7, 11) is 0. The van der Waals surface area contributed by atoms with Gasteiger partial charge in [0.2, 0.25) is 0 Å². The van der Waals surface area contributed by atoms with E-state index in [1.807, 2.05) is 13.8 Å². The summed E-state index contributed by atoms with van der Waals surface area (Å²) in [6.07, 6.45) is 2.60. The minimum atomic E-state index is -0.121. The van der Waals surface area contributed by atoms with Crippen LogP contribution in [0.1, 0.15) is 42.5 Å². The summed E-state index contributed by atoms with van der Waals surface area (Å²) < 4.78 is 13.3. The van der Waals surface area contributed by atoms with E-state index in [1.54, 1.807) is 12.1 Å². The van der Waals surface area contributed by atoms with E-state index in [1.165, 1.54) is 18.4 Å². The SMILES string of the molecule is CCNC(c1c(C)cc(F)cc1C)C1CC1. The van der Waals surface area contributed by atoms with Crippen molar-refractivity contribution in [2.24, 2.45) is 5.92 Å². The van der Waals surface area contributed by atoms with Gasteiger partial charge in [0.1, 0.15) is 5.82 Å². The number of rotatable bonds is 4. The van der Waals surface area contributed by atoms with Gasteiger partial charge >= 0.3 is 0 Å². The van der Waals surface area contributed by atoms with Crippen LogP contribution in [-0.4, -0.2) is 6.54 Å². The lowest BCUT2D eigenvalue weighted by molar-refractivity contribution is 0.490. The van der Waals surface area contributed by atoms with Crippen LogP contribution in [0, 0.1) is 25.6 Å². The van der Waals surface area contributed by atoms with Gasteiger partial charge < -0.3 is 5.32 Å². The first-order valence-corrected chi connectivity index (χ1v) is 6.13. The molecule has 0 radical (unpaired) electrons. The molecular weight excluding hydrogens is 201 g/mol. The Morgan fingerprint density at radius 2 is 1.88 bits per heavy atom. The van der Waals surface area contributed by atoms with Crippen LogP contribution in [0.4, 0.5) is 4.39 Å². The molecule has 2 heteroatoms. The number of benzene rings is 1. The second-order valence-electron chi connectivity index (χ2n) is 4.83. The van der Waals surface area contributed by atoms with Crippen molar-refractivity contribution in [1.29, 1.82) is 0 Å². The number of nitrogens with one attached hydrogen (secondary N) is 1. The minimum absolute atomic E-state index is 0.121. The predicted octanol–water partition coefficient (Wildman–Crippen LogP) is 3.50. The van der Waals surface area contributed by atoms with E-state index < -0.39 is 0 Å². The quantitative estimate of drug-likeness (QED) is 0.820. The molecule has 0 amide bonds. The Morgan fingerprint density at radius 3 is 2.31 bits per heavy atom. The average molecular weight is 221 g/mol. The van der Waals surface area contributed by atoms with Gasteiger partial charge in [-0.1, -0.05) is 6.92 Å². The summed E-state index contributed by atoms with van der Waals surface area (Å²) in [6, 6.07) is 3.72. The highest BCUT2D eigenvalue weighted by Crippen LogP contribution is 2.42. The maximum absolute atomic E-state index is 13.3. The molecule has 2 rings (SSSR count). The molecule has 1 N–H and O–H groups in total. The number of hydrogen-bond acceptors (Lipinski definition) is 1. The highest BCUT2D eigenvalue weighted by Gasteiger charge is 2.33. The molecule has 1 aliphatic carbocycles. The molecule has 0 heterocycles. The normalized spacial score (nSPS) is 17.5. The molecule has 1 aromatic carbocycles. The molecule has 0 saturated heterocycles. The third-order valence-electron chi connectivity index (χ3n) is 3.39.